The molecule has 0 aliphatic heterocycles. The quantitative estimate of drug-likeness (QED) is 0.823. The third kappa shape index (κ3) is 2.35. The number of nitrogens with zero attached hydrogens (tertiary/aromatic N) is 2. The molecular formula is C12H11N3S. The molecule has 4 heteroatoms. The van der Waals surface area contributed by atoms with E-state index in [0.717, 1.165) is 15.6 Å². The second kappa shape index (κ2) is 4.72. The first-order valence-corrected chi connectivity index (χ1v) is 5.58. The highest BCUT2D eigenvalue weighted by Crippen LogP contribution is 2.24. The standard InChI is InChI=1S/C12H11N3S/c1-2-9(13)7-10-8-15-12(16-10)11-5-3-4-6-14-11/h2-8H,1,13H2/b9-7-. The molecule has 0 aromatic carbocycles. The van der Waals surface area contributed by atoms with Crippen LogP contribution < -0.4 is 5.73 Å². The van der Waals surface area contributed by atoms with Gasteiger partial charge in [0.15, 0.2) is 0 Å². The first kappa shape index (κ1) is 10.6. The van der Waals surface area contributed by atoms with Gasteiger partial charge in [-0.25, -0.2) is 4.98 Å². The lowest BCUT2D eigenvalue weighted by Gasteiger charge is -1.92. The van der Waals surface area contributed by atoms with E-state index < -0.39 is 0 Å². The highest BCUT2D eigenvalue weighted by molar-refractivity contribution is 7.15. The molecule has 0 aliphatic rings. The summed E-state index contributed by atoms with van der Waals surface area (Å²) < 4.78 is 0. The van der Waals surface area contributed by atoms with Gasteiger partial charge < -0.3 is 5.73 Å². The fraction of sp³-hybridized carbons (Fsp3) is 0. The number of hydrogen-bond acceptors (Lipinski definition) is 4. The molecule has 2 aromatic heterocycles. The van der Waals surface area contributed by atoms with E-state index in [1.807, 2.05) is 24.3 Å². The monoisotopic (exact) mass is 229 g/mol. The predicted molar refractivity (Wildman–Crippen MR) is 67.7 cm³/mol. The Hall–Kier alpha value is -1.94. The van der Waals surface area contributed by atoms with E-state index in [2.05, 4.69) is 16.5 Å². The zero-order valence-electron chi connectivity index (χ0n) is 8.63. The summed E-state index contributed by atoms with van der Waals surface area (Å²) >= 11 is 1.55. The number of thiazole rings is 1. The van der Waals surface area contributed by atoms with Crippen LogP contribution >= 0.6 is 11.3 Å². The lowest BCUT2D eigenvalue weighted by atomic mass is 10.3. The van der Waals surface area contributed by atoms with Gasteiger partial charge in [0.05, 0.1) is 5.69 Å². The van der Waals surface area contributed by atoms with Gasteiger partial charge in [0, 0.05) is 23.0 Å². The minimum Gasteiger partial charge on any atom is -0.399 e. The second-order valence-electron chi connectivity index (χ2n) is 3.13. The highest BCUT2D eigenvalue weighted by Gasteiger charge is 2.03. The maximum absolute atomic E-state index is 5.66. The molecule has 2 rings (SSSR count). The molecule has 0 fully saturated rings. The molecule has 0 unspecified atom stereocenters. The largest absolute Gasteiger partial charge is 0.399 e. The van der Waals surface area contributed by atoms with Crippen molar-refractivity contribution >= 4 is 17.4 Å². The number of nitrogens with two attached hydrogens (primary N) is 1. The summed E-state index contributed by atoms with van der Waals surface area (Å²) in [5.41, 5.74) is 7.17. The zero-order valence-corrected chi connectivity index (χ0v) is 9.45. The van der Waals surface area contributed by atoms with Crippen molar-refractivity contribution in [3.8, 4) is 10.7 Å². The average molecular weight is 229 g/mol. The normalized spacial score (nSPS) is 11.4. The fourth-order valence-electron chi connectivity index (χ4n) is 1.18. The van der Waals surface area contributed by atoms with E-state index in [-0.39, 0.29) is 0 Å². The van der Waals surface area contributed by atoms with Crippen LogP contribution in [0.1, 0.15) is 4.88 Å². The summed E-state index contributed by atoms with van der Waals surface area (Å²) in [4.78, 5) is 9.53. The summed E-state index contributed by atoms with van der Waals surface area (Å²) in [6, 6.07) is 5.76. The van der Waals surface area contributed by atoms with Crippen molar-refractivity contribution in [3.63, 3.8) is 0 Å². The van der Waals surface area contributed by atoms with Gasteiger partial charge in [0.2, 0.25) is 0 Å². The van der Waals surface area contributed by atoms with Gasteiger partial charge in [-0.05, 0) is 24.3 Å². The topological polar surface area (TPSA) is 51.8 Å². The number of aromatic nitrogens is 2. The first-order chi connectivity index (χ1) is 7.79. The molecular weight excluding hydrogens is 218 g/mol. The summed E-state index contributed by atoms with van der Waals surface area (Å²) in [6.07, 6.45) is 6.99. The van der Waals surface area contributed by atoms with Gasteiger partial charge in [-0.3, -0.25) is 4.98 Å². The molecule has 0 aliphatic carbocycles. The lowest BCUT2D eigenvalue weighted by Crippen LogP contribution is -1.89. The Bertz CT molecular complexity index is 514. The maximum atomic E-state index is 5.66. The van der Waals surface area contributed by atoms with E-state index in [1.165, 1.54) is 0 Å². The number of hydrogen-bond donors (Lipinski definition) is 1. The van der Waals surface area contributed by atoms with Crippen molar-refractivity contribution in [3.05, 3.63) is 53.8 Å². The van der Waals surface area contributed by atoms with Crippen molar-refractivity contribution in [2.75, 3.05) is 0 Å². The molecule has 2 heterocycles. The SMILES string of the molecule is C=C/C(N)=C/c1cnc(-c2ccccn2)s1. The molecule has 0 atom stereocenters. The minimum atomic E-state index is 0.635. The van der Waals surface area contributed by atoms with Crippen LogP contribution in [0.2, 0.25) is 0 Å². The number of rotatable bonds is 3. The third-order valence-electron chi connectivity index (χ3n) is 1.95. The Morgan fingerprint density at radius 1 is 1.38 bits per heavy atom. The zero-order chi connectivity index (χ0) is 11.4. The number of pyridine rings is 1. The second-order valence-corrected chi connectivity index (χ2v) is 4.19. The highest BCUT2D eigenvalue weighted by atomic mass is 32.1. The molecule has 0 amide bonds. The first-order valence-electron chi connectivity index (χ1n) is 4.76. The van der Waals surface area contributed by atoms with Gasteiger partial charge in [0.1, 0.15) is 5.01 Å². The third-order valence-corrected chi connectivity index (χ3v) is 2.92. The van der Waals surface area contributed by atoms with Gasteiger partial charge in [-0.15, -0.1) is 11.3 Å². The molecule has 0 saturated heterocycles. The molecule has 0 bridgehead atoms. The Balaban J connectivity index is 2.30. The molecule has 0 radical (unpaired) electrons. The summed E-state index contributed by atoms with van der Waals surface area (Å²) in [5.74, 6) is 0. The Morgan fingerprint density at radius 3 is 2.94 bits per heavy atom. The lowest BCUT2D eigenvalue weighted by molar-refractivity contribution is 1.29. The Labute approximate surface area is 98.0 Å². The van der Waals surface area contributed by atoms with Gasteiger partial charge in [-0.2, -0.15) is 0 Å². The van der Waals surface area contributed by atoms with E-state index >= 15 is 0 Å². The van der Waals surface area contributed by atoms with E-state index in [1.54, 1.807) is 29.8 Å². The van der Waals surface area contributed by atoms with Crippen molar-refractivity contribution in [2.45, 2.75) is 0 Å². The van der Waals surface area contributed by atoms with E-state index in [9.17, 15) is 0 Å². The summed E-state index contributed by atoms with van der Waals surface area (Å²) in [7, 11) is 0. The van der Waals surface area contributed by atoms with Crippen LogP contribution in [0.4, 0.5) is 0 Å². The van der Waals surface area contributed by atoms with Crippen LogP contribution in [0.5, 0.6) is 0 Å². The van der Waals surface area contributed by atoms with Crippen molar-refractivity contribution in [2.24, 2.45) is 5.73 Å². The van der Waals surface area contributed by atoms with Crippen LogP contribution in [0.25, 0.3) is 16.8 Å². The molecule has 2 aromatic rings. The molecule has 2 N–H and O–H groups in total. The van der Waals surface area contributed by atoms with Crippen molar-refractivity contribution in [1.82, 2.24) is 9.97 Å². The average Bonchev–Trinajstić information content (AvgIpc) is 2.78. The predicted octanol–water partition coefficient (Wildman–Crippen LogP) is 2.69. The van der Waals surface area contributed by atoms with Crippen LogP contribution in [0.15, 0.2) is 48.9 Å². The van der Waals surface area contributed by atoms with Gasteiger partial charge in [-0.1, -0.05) is 12.6 Å². The molecule has 3 nitrogen and oxygen atoms in total. The maximum Gasteiger partial charge on any atom is 0.142 e. The van der Waals surface area contributed by atoms with Crippen LogP contribution in [0.3, 0.4) is 0 Å². The molecule has 16 heavy (non-hydrogen) atoms. The van der Waals surface area contributed by atoms with E-state index in [0.29, 0.717) is 5.70 Å². The van der Waals surface area contributed by atoms with E-state index in [4.69, 9.17) is 5.73 Å². The summed E-state index contributed by atoms with van der Waals surface area (Å²) in [6.45, 7) is 3.60. The molecule has 0 spiro atoms. The van der Waals surface area contributed by atoms with Gasteiger partial charge in [0.25, 0.3) is 0 Å². The van der Waals surface area contributed by atoms with Crippen LogP contribution in [-0.4, -0.2) is 9.97 Å². The summed E-state index contributed by atoms with van der Waals surface area (Å²) in [5, 5.41) is 0.892. The number of allylic oxidation sites excluding steroid dienone is 1. The Kier molecular flexibility index (Phi) is 3.12. The molecule has 80 valence electrons. The minimum absolute atomic E-state index is 0.635. The molecule has 0 saturated carbocycles. The van der Waals surface area contributed by atoms with Crippen molar-refractivity contribution in [1.29, 1.82) is 0 Å². The Morgan fingerprint density at radius 2 is 2.25 bits per heavy atom. The van der Waals surface area contributed by atoms with Gasteiger partial charge >= 0.3 is 0 Å². The van der Waals surface area contributed by atoms with Crippen LogP contribution in [0, 0.1) is 0 Å². The van der Waals surface area contributed by atoms with Crippen molar-refractivity contribution < 1.29 is 0 Å². The smallest absolute Gasteiger partial charge is 0.142 e. The fourth-order valence-corrected chi connectivity index (χ4v) is 2.04. The van der Waals surface area contributed by atoms with Crippen LogP contribution in [-0.2, 0) is 0 Å².